The van der Waals surface area contributed by atoms with Crippen molar-refractivity contribution >= 4 is 34.7 Å². The number of nitrogens with zero attached hydrogens (tertiary/aromatic N) is 3. The maximum atomic E-state index is 12.6. The van der Waals surface area contributed by atoms with Gasteiger partial charge in [-0.25, -0.2) is 9.88 Å². The average Bonchev–Trinajstić information content (AvgIpc) is 2.98. The predicted octanol–water partition coefficient (Wildman–Crippen LogP) is 2.79. The minimum Gasteiger partial charge on any atom is -0.295 e. The fourth-order valence-electron chi connectivity index (χ4n) is 2.51. The summed E-state index contributed by atoms with van der Waals surface area (Å²) in [6.45, 7) is 0. The Hall–Kier alpha value is -2.66. The highest BCUT2D eigenvalue weighted by atomic mass is 35.5. The number of imidazole rings is 1. The van der Waals surface area contributed by atoms with E-state index in [9.17, 15) is 9.59 Å². The van der Waals surface area contributed by atoms with Crippen LogP contribution in [0.1, 0.15) is 21.0 Å². The van der Waals surface area contributed by atoms with Crippen molar-refractivity contribution in [1.82, 2.24) is 9.38 Å². The van der Waals surface area contributed by atoms with E-state index in [2.05, 4.69) is 4.98 Å². The van der Waals surface area contributed by atoms with Crippen LogP contribution in [0.25, 0.3) is 5.65 Å². The summed E-state index contributed by atoms with van der Waals surface area (Å²) in [4.78, 5) is 30.4. The van der Waals surface area contributed by atoms with Crippen LogP contribution < -0.4 is 4.90 Å². The van der Waals surface area contributed by atoms with E-state index in [0.717, 1.165) is 4.90 Å². The van der Waals surface area contributed by atoms with Gasteiger partial charge in [0.25, 0.3) is 11.8 Å². The van der Waals surface area contributed by atoms with Crippen molar-refractivity contribution in [3.63, 3.8) is 0 Å². The third-order valence-electron chi connectivity index (χ3n) is 3.43. The minimum absolute atomic E-state index is 0.158. The first-order valence-corrected chi connectivity index (χ1v) is 6.66. The standard InChI is InChI=1S/C15H8ClN3O2/c16-9-5-1-2-6-10(9)19-14(20)12-13(15(19)21)18-8-4-3-7-11(18)17-12/h1-8H. The van der Waals surface area contributed by atoms with Crippen molar-refractivity contribution in [2.75, 3.05) is 4.90 Å². The molecule has 0 N–H and O–H groups in total. The summed E-state index contributed by atoms with van der Waals surface area (Å²) in [7, 11) is 0. The number of imide groups is 1. The first kappa shape index (κ1) is 12.1. The molecule has 0 saturated heterocycles. The van der Waals surface area contributed by atoms with Crippen molar-refractivity contribution < 1.29 is 9.59 Å². The zero-order valence-electron chi connectivity index (χ0n) is 10.7. The molecule has 21 heavy (non-hydrogen) atoms. The Morgan fingerprint density at radius 2 is 1.71 bits per heavy atom. The van der Waals surface area contributed by atoms with E-state index >= 15 is 0 Å². The van der Waals surface area contributed by atoms with Crippen LogP contribution >= 0.6 is 11.6 Å². The van der Waals surface area contributed by atoms with Gasteiger partial charge in [0.2, 0.25) is 0 Å². The molecule has 3 aromatic rings. The molecule has 1 aliphatic rings. The predicted molar refractivity (Wildman–Crippen MR) is 77.8 cm³/mol. The second-order valence-electron chi connectivity index (χ2n) is 4.63. The number of pyridine rings is 1. The quantitative estimate of drug-likeness (QED) is 0.649. The number of halogens is 1. The topological polar surface area (TPSA) is 54.7 Å². The van der Waals surface area contributed by atoms with Gasteiger partial charge >= 0.3 is 0 Å². The Morgan fingerprint density at radius 3 is 2.52 bits per heavy atom. The van der Waals surface area contributed by atoms with Gasteiger partial charge in [0.1, 0.15) is 11.3 Å². The molecular weight excluding hydrogens is 290 g/mol. The number of hydrogen-bond donors (Lipinski definition) is 0. The summed E-state index contributed by atoms with van der Waals surface area (Å²) in [6, 6.07) is 12.1. The van der Waals surface area contributed by atoms with E-state index in [1.165, 1.54) is 0 Å². The average molecular weight is 298 g/mol. The van der Waals surface area contributed by atoms with Crippen LogP contribution in [0.4, 0.5) is 5.69 Å². The van der Waals surface area contributed by atoms with Crippen molar-refractivity contribution in [1.29, 1.82) is 0 Å². The second-order valence-corrected chi connectivity index (χ2v) is 5.04. The number of aromatic nitrogens is 2. The van der Waals surface area contributed by atoms with Crippen LogP contribution in [0, 0.1) is 0 Å². The van der Waals surface area contributed by atoms with E-state index < -0.39 is 11.8 Å². The lowest BCUT2D eigenvalue weighted by atomic mass is 10.3. The first-order valence-electron chi connectivity index (χ1n) is 6.29. The lowest BCUT2D eigenvalue weighted by Gasteiger charge is -2.15. The van der Waals surface area contributed by atoms with Crippen molar-refractivity contribution in [3.8, 4) is 0 Å². The number of fused-ring (bicyclic) bond motifs is 3. The lowest BCUT2D eigenvalue weighted by molar-refractivity contribution is 0.0922. The molecule has 0 aliphatic carbocycles. The molecule has 6 heteroatoms. The van der Waals surface area contributed by atoms with E-state index in [4.69, 9.17) is 11.6 Å². The number of para-hydroxylation sites is 1. The van der Waals surface area contributed by atoms with Crippen LogP contribution in [0.2, 0.25) is 5.02 Å². The van der Waals surface area contributed by atoms with Gasteiger partial charge in [0.05, 0.1) is 10.7 Å². The highest BCUT2D eigenvalue weighted by molar-refractivity contribution is 6.39. The molecule has 1 aromatic carbocycles. The Labute approximate surface area is 124 Å². The van der Waals surface area contributed by atoms with Gasteiger partial charge in [-0.15, -0.1) is 0 Å². The fourth-order valence-corrected chi connectivity index (χ4v) is 2.73. The molecule has 0 fully saturated rings. The number of hydrogen-bond acceptors (Lipinski definition) is 3. The van der Waals surface area contributed by atoms with E-state index in [1.807, 2.05) is 0 Å². The molecule has 0 unspecified atom stereocenters. The monoisotopic (exact) mass is 297 g/mol. The van der Waals surface area contributed by atoms with E-state index in [-0.39, 0.29) is 11.4 Å². The van der Waals surface area contributed by atoms with E-state index in [1.54, 1.807) is 53.1 Å². The number of rotatable bonds is 1. The van der Waals surface area contributed by atoms with Crippen LogP contribution in [0.5, 0.6) is 0 Å². The van der Waals surface area contributed by atoms with Gasteiger partial charge in [-0.05, 0) is 24.3 Å². The Balaban J connectivity index is 1.94. The van der Waals surface area contributed by atoms with Crippen LogP contribution in [0.3, 0.4) is 0 Å². The summed E-state index contributed by atoms with van der Waals surface area (Å²) in [5.41, 5.74) is 1.38. The zero-order chi connectivity index (χ0) is 14.6. The molecule has 2 amide bonds. The van der Waals surface area contributed by atoms with Crippen LogP contribution in [-0.2, 0) is 0 Å². The molecule has 4 rings (SSSR count). The van der Waals surface area contributed by atoms with Crippen molar-refractivity contribution in [2.24, 2.45) is 0 Å². The van der Waals surface area contributed by atoms with Gasteiger partial charge in [0.15, 0.2) is 5.69 Å². The molecule has 0 atom stereocenters. The van der Waals surface area contributed by atoms with Crippen molar-refractivity contribution in [2.45, 2.75) is 0 Å². The molecule has 0 spiro atoms. The van der Waals surface area contributed by atoms with Crippen LogP contribution in [-0.4, -0.2) is 21.2 Å². The maximum Gasteiger partial charge on any atom is 0.286 e. The Bertz CT molecular complexity index is 916. The molecule has 0 radical (unpaired) electrons. The molecular formula is C15H8ClN3O2. The SMILES string of the molecule is O=C1c2nc3ccccn3c2C(=O)N1c1ccccc1Cl. The number of carbonyl (C=O) groups is 2. The highest BCUT2D eigenvalue weighted by Gasteiger charge is 2.41. The molecule has 1 aliphatic heterocycles. The molecule has 0 bridgehead atoms. The summed E-state index contributed by atoms with van der Waals surface area (Å²) in [5, 5.41) is 0.346. The summed E-state index contributed by atoms with van der Waals surface area (Å²) < 4.78 is 1.62. The number of anilines is 1. The maximum absolute atomic E-state index is 12.6. The van der Waals surface area contributed by atoms with Crippen LogP contribution in [0.15, 0.2) is 48.7 Å². The number of carbonyl (C=O) groups excluding carboxylic acids is 2. The Kier molecular flexibility index (Phi) is 2.40. The largest absolute Gasteiger partial charge is 0.295 e. The molecule has 2 aromatic heterocycles. The summed E-state index contributed by atoms with van der Waals surface area (Å²) in [5.74, 6) is -0.867. The smallest absolute Gasteiger partial charge is 0.286 e. The van der Waals surface area contributed by atoms with Gasteiger partial charge < -0.3 is 0 Å². The van der Waals surface area contributed by atoms with Gasteiger partial charge in [0, 0.05) is 6.20 Å². The first-order chi connectivity index (χ1) is 10.2. The van der Waals surface area contributed by atoms with Gasteiger partial charge in [-0.2, -0.15) is 0 Å². The number of amides is 2. The molecule has 3 heterocycles. The molecule has 5 nitrogen and oxygen atoms in total. The fraction of sp³-hybridized carbons (Fsp3) is 0. The van der Waals surface area contributed by atoms with Gasteiger partial charge in [-0.3, -0.25) is 14.0 Å². The summed E-state index contributed by atoms with van der Waals surface area (Å²) >= 11 is 6.09. The Morgan fingerprint density at radius 1 is 0.952 bits per heavy atom. The zero-order valence-corrected chi connectivity index (χ0v) is 11.4. The molecule has 102 valence electrons. The lowest BCUT2D eigenvalue weighted by Crippen LogP contribution is -2.30. The van der Waals surface area contributed by atoms with Gasteiger partial charge in [-0.1, -0.05) is 29.8 Å². The van der Waals surface area contributed by atoms with Crippen molar-refractivity contribution in [3.05, 3.63) is 65.1 Å². The molecule has 0 saturated carbocycles. The third-order valence-corrected chi connectivity index (χ3v) is 3.75. The number of benzene rings is 1. The normalized spacial score (nSPS) is 14.0. The summed E-state index contributed by atoms with van der Waals surface area (Å²) in [6.07, 6.45) is 1.71. The second kappa shape index (κ2) is 4.17. The highest BCUT2D eigenvalue weighted by Crippen LogP contribution is 2.33. The van der Waals surface area contributed by atoms with E-state index in [0.29, 0.717) is 16.4 Å². The third kappa shape index (κ3) is 1.55. The minimum atomic E-state index is -0.452.